The normalized spacial score (nSPS) is 11.3. The minimum absolute atomic E-state index is 0.152. The largest absolute Gasteiger partial charge is 0.481 e. The Hall–Kier alpha value is -1.54. The van der Waals surface area contributed by atoms with Gasteiger partial charge in [-0.2, -0.15) is 5.10 Å². The Morgan fingerprint density at radius 3 is 2.63 bits per heavy atom. The first-order chi connectivity index (χ1) is 8.94. The van der Waals surface area contributed by atoms with Gasteiger partial charge in [-0.25, -0.2) is 13.1 Å². The molecule has 1 N–H and O–H groups in total. The van der Waals surface area contributed by atoms with Crippen LogP contribution in [0.5, 0.6) is 5.88 Å². The molecule has 0 saturated heterocycles. The van der Waals surface area contributed by atoms with Crippen LogP contribution in [-0.4, -0.2) is 25.3 Å². The monoisotopic (exact) mass is 345 g/mol. The summed E-state index contributed by atoms with van der Waals surface area (Å²) in [4.78, 5) is 0.152. The number of hydrogen-bond donors (Lipinski definition) is 1. The molecule has 0 spiro atoms. The van der Waals surface area contributed by atoms with Crippen LogP contribution in [0.4, 0.5) is 5.82 Å². The van der Waals surface area contributed by atoms with Gasteiger partial charge in [0.05, 0.1) is 7.11 Å². The number of aromatic nitrogens is 2. The number of nitrogens with one attached hydrogen (secondary N) is 1. The van der Waals surface area contributed by atoms with Gasteiger partial charge in [-0.15, -0.1) is 0 Å². The van der Waals surface area contributed by atoms with Gasteiger partial charge in [0.15, 0.2) is 5.82 Å². The molecule has 2 rings (SSSR count). The zero-order valence-electron chi connectivity index (χ0n) is 10.3. The fourth-order valence-electron chi connectivity index (χ4n) is 1.55. The van der Waals surface area contributed by atoms with Gasteiger partial charge in [0.2, 0.25) is 5.88 Å². The first kappa shape index (κ1) is 13.9. The molecule has 0 fully saturated rings. The molecule has 0 atom stereocenters. The average Bonchev–Trinajstić information content (AvgIpc) is 2.68. The predicted molar refractivity (Wildman–Crippen MR) is 74.7 cm³/mol. The van der Waals surface area contributed by atoms with E-state index in [1.165, 1.54) is 23.9 Å². The average molecular weight is 346 g/mol. The number of benzene rings is 1. The van der Waals surface area contributed by atoms with Crippen molar-refractivity contribution in [3.8, 4) is 5.88 Å². The van der Waals surface area contributed by atoms with Crippen LogP contribution in [0.25, 0.3) is 0 Å². The number of ether oxygens (including phenoxy) is 1. The number of aryl methyl sites for hydroxylation is 1. The van der Waals surface area contributed by atoms with Gasteiger partial charge in [0.1, 0.15) is 4.90 Å². The topological polar surface area (TPSA) is 73.2 Å². The second-order valence-corrected chi connectivity index (χ2v) is 6.24. The molecule has 102 valence electrons. The Morgan fingerprint density at radius 2 is 2.05 bits per heavy atom. The van der Waals surface area contributed by atoms with E-state index in [0.717, 1.165) is 0 Å². The SMILES string of the molecule is COc1cc(NS(=O)(=O)c2ccccc2Br)nn1C. The summed E-state index contributed by atoms with van der Waals surface area (Å²) in [5.41, 5.74) is 0. The predicted octanol–water partition coefficient (Wildman–Crippen LogP) is 1.99. The van der Waals surface area contributed by atoms with Gasteiger partial charge < -0.3 is 4.74 Å². The van der Waals surface area contributed by atoms with E-state index in [9.17, 15) is 8.42 Å². The summed E-state index contributed by atoms with van der Waals surface area (Å²) in [6, 6.07) is 8.07. The van der Waals surface area contributed by atoms with E-state index in [0.29, 0.717) is 10.4 Å². The Morgan fingerprint density at radius 1 is 1.37 bits per heavy atom. The first-order valence-corrected chi connectivity index (χ1v) is 7.57. The summed E-state index contributed by atoms with van der Waals surface area (Å²) in [6.45, 7) is 0. The van der Waals surface area contributed by atoms with Crippen molar-refractivity contribution >= 4 is 31.8 Å². The van der Waals surface area contributed by atoms with Crippen LogP contribution in [0, 0.1) is 0 Å². The van der Waals surface area contributed by atoms with Crippen LogP contribution in [0.15, 0.2) is 39.7 Å². The third-order valence-corrected chi connectivity index (χ3v) is 4.78. The van der Waals surface area contributed by atoms with Gasteiger partial charge >= 0.3 is 0 Å². The molecule has 6 nitrogen and oxygen atoms in total. The molecule has 0 bridgehead atoms. The fourth-order valence-corrected chi connectivity index (χ4v) is 3.54. The van der Waals surface area contributed by atoms with Crippen molar-refractivity contribution in [3.05, 3.63) is 34.8 Å². The number of halogens is 1. The van der Waals surface area contributed by atoms with Crippen LogP contribution < -0.4 is 9.46 Å². The Kier molecular flexibility index (Phi) is 3.81. The zero-order chi connectivity index (χ0) is 14.0. The molecule has 0 radical (unpaired) electrons. The summed E-state index contributed by atoms with van der Waals surface area (Å²) in [6.07, 6.45) is 0. The molecular formula is C11H12BrN3O3S. The van der Waals surface area contributed by atoms with Crippen LogP contribution in [0.3, 0.4) is 0 Å². The van der Waals surface area contributed by atoms with E-state index in [-0.39, 0.29) is 10.7 Å². The molecule has 1 heterocycles. The third kappa shape index (κ3) is 2.90. The second-order valence-electron chi connectivity index (χ2n) is 3.73. The molecule has 0 amide bonds. The molecule has 1 aromatic carbocycles. The van der Waals surface area contributed by atoms with Crippen LogP contribution in [0.1, 0.15) is 0 Å². The van der Waals surface area contributed by atoms with Crippen molar-refractivity contribution in [1.82, 2.24) is 9.78 Å². The second kappa shape index (κ2) is 5.22. The number of anilines is 1. The highest BCUT2D eigenvalue weighted by atomic mass is 79.9. The minimum Gasteiger partial charge on any atom is -0.481 e. The first-order valence-electron chi connectivity index (χ1n) is 5.29. The molecule has 0 aliphatic carbocycles. The molecule has 2 aromatic rings. The molecule has 0 unspecified atom stereocenters. The summed E-state index contributed by atoms with van der Waals surface area (Å²) >= 11 is 3.21. The van der Waals surface area contributed by atoms with Crippen molar-refractivity contribution in [1.29, 1.82) is 0 Å². The van der Waals surface area contributed by atoms with E-state index >= 15 is 0 Å². The van der Waals surface area contributed by atoms with Gasteiger partial charge in [0.25, 0.3) is 10.0 Å². The van der Waals surface area contributed by atoms with Gasteiger partial charge in [0, 0.05) is 17.6 Å². The Bertz CT molecular complexity index is 697. The number of sulfonamides is 1. The highest BCUT2D eigenvalue weighted by Gasteiger charge is 2.19. The summed E-state index contributed by atoms with van der Waals surface area (Å²) < 4.78 is 33.8. The van der Waals surface area contributed by atoms with E-state index in [2.05, 4.69) is 25.8 Å². The number of rotatable bonds is 4. The lowest BCUT2D eigenvalue weighted by molar-refractivity contribution is 0.373. The molecular weight excluding hydrogens is 334 g/mol. The summed E-state index contributed by atoms with van der Waals surface area (Å²) in [5.74, 6) is 0.667. The molecule has 8 heteroatoms. The smallest absolute Gasteiger partial charge is 0.264 e. The number of hydrogen-bond acceptors (Lipinski definition) is 4. The van der Waals surface area contributed by atoms with Crippen LogP contribution in [-0.2, 0) is 17.1 Å². The lowest BCUT2D eigenvalue weighted by atomic mass is 10.4. The Labute approximate surface area is 119 Å². The van der Waals surface area contributed by atoms with Gasteiger partial charge in [-0.05, 0) is 28.1 Å². The zero-order valence-corrected chi connectivity index (χ0v) is 12.7. The van der Waals surface area contributed by atoms with E-state index in [4.69, 9.17) is 4.74 Å². The minimum atomic E-state index is -3.68. The van der Waals surface area contributed by atoms with Crippen LogP contribution >= 0.6 is 15.9 Å². The maximum atomic E-state index is 12.2. The van der Waals surface area contributed by atoms with Crippen molar-refractivity contribution < 1.29 is 13.2 Å². The maximum Gasteiger partial charge on any atom is 0.264 e. The highest BCUT2D eigenvalue weighted by molar-refractivity contribution is 9.10. The molecule has 0 saturated carbocycles. The fraction of sp³-hybridized carbons (Fsp3) is 0.182. The van der Waals surface area contributed by atoms with Crippen molar-refractivity contribution in [2.45, 2.75) is 4.90 Å². The lowest BCUT2D eigenvalue weighted by Gasteiger charge is -2.06. The molecule has 19 heavy (non-hydrogen) atoms. The maximum absolute atomic E-state index is 12.2. The molecule has 0 aliphatic heterocycles. The summed E-state index contributed by atoms with van der Waals surface area (Å²) in [5, 5.41) is 4.01. The van der Waals surface area contributed by atoms with E-state index in [1.807, 2.05) is 0 Å². The lowest BCUT2D eigenvalue weighted by Crippen LogP contribution is -2.14. The van der Waals surface area contributed by atoms with Crippen molar-refractivity contribution in [2.24, 2.45) is 7.05 Å². The number of nitrogens with zero attached hydrogens (tertiary/aromatic N) is 2. The highest BCUT2D eigenvalue weighted by Crippen LogP contribution is 2.24. The standard InChI is InChI=1S/C11H12BrN3O3S/c1-15-11(18-2)7-10(13-15)14-19(16,17)9-6-4-3-5-8(9)12/h3-7H,1-2H3,(H,13,14). The van der Waals surface area contributed by atoms with Crippen molar-refractivity contribution in [2.75, 3.05) is 11.8 Å². The molecule has 1 aromatic heterocycles. The third-order valence-electron chi connectivity index (χ3n) is 2.41. The van der Waals surface area contributed by atoms with Gasteiger partial charge in [-0.1, -0.05) is 12.1 Å². The van der Waals surface area contributed by atoms with Crippen LogP contribution in [0.2, 0.25) is 0 Å². The van der Waals surface area contributed by atoms with E-state index < -0.39 is 10.0 Å². The Balaban J connectivity index is 2.34. The van der Waals surface area contributed by atoms with E-state index in [1.54, 1.807) is 25.2 Å². The number of methoxy groups -OCH3 is 1. The summed E-state index contributed by atoms with van der Waals surface area (Å²) in [7, 11) is -0.533. The molecule has 0 aliphatic rings. The van der Waals surface area contributed by atoms with Gasteiger partial charge in [-0.3, -0.25) is 4.72 Å². The van der Waals surface area contributed by atoms with Crippen molar-refractivity contribution in [3.63, 3.8) is 0 Å². The quantitative estimate of drug-likeness (QED) is 0.919.